The number of aromatic nitrogens is 1. The first-order chi connectivity index (χ1) is 9.31. The number of hydrogen-bond donors (Lipinski definition) is 1. The molecule has 2 heteroatoms. The summed E-state index contributed by atoms with van der Waals surface area (Å²) in [6, 6.07) is 11.9. The summed E-state index contributed by atoms with van der Waals surface area (Å²) in [5.41, 5.74) is 2.69. The van der Waals surface area contributed by atoms with Gasteiger partial charge in [-0.1, -0.05) is 37.5 Å². The van der Waals surface area contributed by atoms with E-state index in [1.807, 2.05) is 18.5 Å². The van der Waals surface area contributed by atoms with E-state index < -0.39 is 0 Å². The molecule has 1 heterocycles. The summed E-state index contributed by atoms with van der Waals surface area (Å²) in [5.74, 6) is 0.334. The zero-order valence-corrected chi connectivity index (χ0v) is 11.0. The molecule has 1 N–H and O–H groups in total. The number of phenols is 1. The van der Waals surface area contributed by atoms with E-state index in [-0.39, 0.29) is 5.41 Å². The average Bonchev–Trinajstić information content (AvgIpc) is 2.49. The van der Waals surface area contributed by atoms with Gasteiger partial charge in [0.1, 0.15) is 5.75 Å². The Labute approximate surface area is 114 Å². The molecule has 2 aromatic rings. The monoisotopic (exact) mass is 253 g/mol. The van der Waals surface area contributed by atoms with E-state index in [1.165, 1.54) is 43.2 Å². The summed E-state index contributed by atoms with van der Waals surface area (Å²) in [4.78, 5) is 4.30. The second-order valence-electron chi connectivity index (χ2n) is 5.43. The number of benzene rings is 1. The molecule has 0 atom stereocenters. The van der Waals surface area contributed by atoms with Crippen molar-refractivity contribution in [3.8, 4) is 5.75 Å². The number of pyridine rings is 1. The Morgan fingerprint density at radius 1 is 0.895 bits per heavy atom. The number of aromatic hydroxyl groups is 1. The number of hydrogen-bond acceptors (Lipinski definition) is 2. The van der Waals surface area contributed by atoms with Gasteiger partial charge in [0.25, 0.3) is 0 Å². The molecule has 1 fully saturated rings. The van der Waals surface area contributed by atoms with Gasteiger partial charge in [-0.05, 0) is 42.2 Å². The van der Waals surface area contributed by atoms with Gasteiger partial charge in [-0.25, -0.2) is 0 Å². The number of nitrogens with zero attached hydrogens (tertiary/aromatic N) is 1. The normalized spacial score (nSPS) is 18.1. The van der Waals surface area contributed by atoms with Gasteiger partial charge in [-0.15, -0.1) is 0 Å². The van der Waals surface area contributed by atoms with E-state index in [2.05, 4.69) is 23.2 Å². The molecule has 2 nitrogen and oxygen atoms in total. The van der Waals surface area contributed by atoms with Gasteiger partial charge in [0.2, 0.25) is 0 Å². The zero-order chi connectivity index (χ0) is 13.1. The zero-order valence-electron chi connectivity index (χ0n) is 11.0. The van der Waals surface area contributed by atoms with E-state index >= 15 is 0 Å². The molecule has 1 aromatic heterocycles. The van der Waals surface area contributed by atoms with Crippen LogP contribution in [0.15, 0.2) is 48.8 Å². The van der Waals surface area contributed by atoms with E-state index in [0.29, 0.717) is 5.75 Å². The summed E-state index contributed by atoms with van der Waals surface area (Å²) in [6.07, 6.45) is 10.0. The highest BCUT2D eigenvalue weighted by molar-refractivity contribution is 5.40. The predicted molar refractivity (Wildman–Crippen MR) is 76.2 cm³/mol. The van der Waals surface area contributed by atoms with Crippen LogP contribution < -0.4 is 0 Å². The second-order valence-corrected chi connectivity index (χ2v) is 5.43. The molecular weight excluding hydrogens is 234 g/mol. The van der Waals surface area contributed by atoms with Crippen LogP contribution in [0.5, 0.6) is 5.75 Å². The quantitative estimate of drug-likeness (QED) is 0.876. The molecular formula is C17H19NO. The summed E-state index contributed by atoms with van der Waals surface area (Å²) < 4.78 is 0. The molecule has 1 aromatic carbocycles. The fourth-order valence-corrected chi connectivity index (χ4v) is 3.33. The molecule has 0 spiro atoms. The molecule has 0 bridgehead atoms. The molecule has 1 aliphatic carbocycles. The molecule has 1 aliphatic rings. The lowest BCUT2D eigenvalue weighted by Gasteiger charge is -2.38. The SMILES string of the molecule is Oc1ccc(C2(c3cccnc3)CCCCC2)cc1. The van der Waals surface area contributed by atoms with Gasteiger partial charge in [-0.2, -0.15) is 0 Å². The molecule has 98 valence electrons. The van der Waals surface area contributed by atoms with Crippen molar-refractivity contribution in [2.24, 2.45) is 0 Å². The van der Waals surface area contributed by atoms with Crippen molar-refractivity contribution >= 4 is 0 Å². The van der Waals surface area contributed by atoms with Crippen LogP contribution in [0, 0.1) is 0 Å². The molecule has 3 rings (SSSR count). The van der Waals surface area contributed by atoms with Crippen LogP contribution in [0.25, 0.3) is 0 Å². The maximum absolute atomic E-state index is 9.50. The Morgan fingerprint density at radius 3 is 2.26 bits per heavy atom. The second kappa shape index (κ2) is 5.04. The fourth-order valence-electron chi connectivity index (χ4n) is 3.33. The molecule has 0 amide bonds. The lowest BCUT2D eigenvalue weighted by Crippen LogP contribution is -2.30. The molecule has 19 heavy (non-hydrogen) atoms. The van der Waals surface area contributed by atoms with Gasteiger partial charge < -0.3 is 5.11 Å². The fraction of sp³-hybridized carbons (Fsp3) is 0.353. The van der Waals surface area contributed by atoms with Crippen LogP contribution >= 0.6 is 0 Å². The highest BCUT2D eigenvalue weighted by atomic mass is 16.3. The van der Waals surface area contributed by atoms with Crippen LogP contribution in [-0.2, 0) is 5.41 Å². The predicted octanol–water partition coefficient (Wildman–Crippen LogP) is 4.04. The van der Waals surface area contributed by atoms with Crippen molar-refractivity contribution in [3.05, 3.63) is 59.9 Å². The lowest BCUT2D eigenvalue weighted by molar-refractivity contribution is 0.345. The maximum atomic E-state index is 9.50. The van der Waals surface area contributed by atoms with Crippen molar-refractivity contribution in [2.45, 2.75) is 37.5 Å². The van der Waals surface area contributed by atoms with E-state index in [1.54, 1.807) is 12.1 Å². The first-order valence-corrected chi connectivity index (χ1v) is 7.01. The third-order valence-electron chi connectivity index (χ3n) is 4.34. The standard InChI is InChI=1S/C17H19NO/c19-16-8-6-14(7-9-16)17(10-2-1-3-11-17)15-5-4-12-18-13-15/h4-9,12-13,19H,1-3,10-11H2. The third kappa shape index (κ3) is 2.23. The minimum absolute atomic E-state index is 0.0835. The highest BCUT2D eigenvalue weighted by Gasteiger charge is 2.35. The maximum Gasteiger partial charge on any atom is 0.115 e. The van der Waals surface area contributed by atoms with Crippen LogP contribution in [0.4, 0.5) is 0 Å². The average molecular weight is 253 g/mol. The van der Waals surface area contributed by atoms with Gasteiger partial charge in [-0.3, -0.25) is 4.98 Å². The van der Waals surface area contributed by atoms with Crippen molar-refractivity contribution in [1.82, 2.24) is 4.98 Å². The third-order valence-corrected chi connectivity index (χ3v) is 4.34. The Hall–Kier alpha value is -1.83. The van der Waals surface area contributed by atoms with Crippen LogP contribution in [0.1, 0.15) is 43.2 Å². The minimum Gasteiger partial charge on any atom is -0.508 e. The van der Waals surface area contributed by atoms with Crippen LogP contribution in [0.3, 0.4) is 0 Å². The Kier molecular flexibility index (Phi) is 3.24. The Balaban J connectivity index is 2.09. The molecule has 0 aliphatic heterocycles. The molecule has 0 saturated heterocycles. The van der Waals surface area contributed by atoms with Crippen LogP contribution in [-0.4, -0.2) is 10.1 Å². The molecule has 1 saturated carbocycles. The van der Waals surface area contributed by atoms with Gasteiger partial charge in [0, 0.05) is 17.8 Å². The highest BCUT2D eigenvalue weighted by Crippen LogP contribution is 2.44. The first kappa shape index (κ1) is 12.2. The van der Waals surface area contributed by atoms with Crippen molar-refractivity contribution in [2.75, 3.05) is 0 Å². The van der Waals surface area contributed by atoms with E-state index in [4.69, 9.17) is 0 Å². The molecule has 0 radical (unpaired) electrons. The van der Waals surface area contributed by atoms with Crippen molar-refractivity contribution < 1.29 is 5.11 Å². The smallest absolute Gasteiger partial charge is 0.115 e. The summed E-state index contributed by atoms with van der Waals surface area (Å²) in [5, 5.41) is 9.50. The van der Waals surface area contributed by atoms with Gasteiger partial charge in [0.05, 0.1) is 0 Å². The summed E-state index contributed by atoms with van der Waals surface area (Å²) in [6.45, 7) is 0. The number of phenolic OH excluding ortho intramolecular Hbond substituents is 1. The lowest BCUT2D eigenvalue weighted by atomic mass is 9.66. The largest absolute Gasteiger partial charge is 0.508 e. The van der Waals surface area contributed by atoms with Gasteiger partial charge >= 0.3 is 0 Å². The summed E-state index contributed by atoms with van der Waals surface area (Å²) >= 11 is 0. The topological polar surface area (TPSA) is 33.1 Å². The van der Waals surface area contributed by atoms with Gasteiger partial charge in [0.15, 0.2) is 0 Å². The Bertz CT molecular complexity index is 527. The minimum atomic E-state index is 0.0835. The van der Waals surface area contributed by atoms with Crippen molar-refractivity contribution in [1.29, 1.82) is 0 Å². The van der Waals surface area contributed by atoms with E-state index in [9.17, 15) is 5.11 Å². The Morgan fingerprint density at radius 2 is 1.63 bits per heavy atom. The number of rotatable bonds is 2. The summed E-state index contributed by atoms with van der Waals surface area (Å²) in [7, 11) is 0. The molecule has 0 unspecified atom stereocenters. The van der Waals surface area contributed by atoms with Crippen molar-refractivity contribution in [3.63, 3.8) is 0 Å². The van der Waals surface area contributed by atoms with Crippen LogP contribution in [0.2, 0.25) is 0 Å². The first-order valence-electron chi connectivity index (χ1n) is 7.01. The van der Waals surface area contributed by atoms with E-state index in [0.717, 1.165) is 0 Å².